The van der Waals surface area contributed by atoms with E-state index in [1.165, 1.54) is 0 Å². The molecule has 80 valence electrons. The van der Waals surface area contributed by atoms with E-state index < -0.39 is 0 Å². The first-order valence-electron chi connectivity index (χ1n) is 4.91. The minimum atomic E-state index is -0.147. The molecule has 0 fully saturated rings. The number of methoxy groups -OCH3 is 1. The third kappa shape index (κ3) is 4.11. The maximum absolute atomic E-state index is 8.69. The molecule has 0 spiro atoms. The van der Waals surface area contributed by atoms with E-state index >= 15 is 0 Å². The predicted molar refractivity (Wildman–Crippen MR) is 57.2 cm³/mol. The van der Waals surface area contributed by atoms with Crippen LogP contribution >= 0.6 is 0 Å². The Morgan fingerprint density at radius 2 is 2.00 bits per heavy atom. The van der Waals surface area contributed by atoms with Crippen LogP contribution in [0, 0.1) is 11.3 Å². The first-order chi connectivity index (χ1) is 7.38. The number of nitrogens with zero attached hydrogens (tertiary/aromatic N) is 1. The molecule has 1 aromatic carbocycles. The Balaban J connectivity index is 2.55. The van der Waals surface area contributed by atoms with Gasteiger partial charge in [0.05, 0.1) is 31.8 Å². The molecule has 0 amide bonds. The minimum absolute atomic E-state index is 0.147. The van der Waals surface area contributed by atoms with Gasteiger partial charge in [0.2, 0.25) is 0 Å². The van der Waals surface area contributed by atoms with Crippen LogP contribution in [-0.2, 0) is 9.47 Å². The van der Waals surface area contributed by atoms with Gasteiger partial charge < -0.3 is 9.47 Å². The van der Waals surface area contributed by atoms with Gasteiger partial charge in [0, 0.05) is 7.11 Å². The first-order valence-corrected chi connectivity index (χ1v) is 4.91. The molecule has 0 bridgehead atoms. The number of benzene rings is 1. The Morgan fingerprint density at radius 1 is 1.27 bits per heavy atom. The van der Waals surface area contributed by atoms with Crippen molar-refractivity contribution in [3.63, 3.8) is 0 Å². The van der Waals surface area contributed by atoms with E-state index in [4.69, 9.17) is 14.7 Å². The summed E-state index contributed by atoms with van der Waals surface area (Å²) in [4.78, 5) is 0. The van der Waals surface area contributed by atoms with Crippen molar-refractivity contribution >= 4 is 0 Å². The molecule has 1 aromatic rings. The Bertz CT molecular complexity index is 305. The fraction of sp³-hybridized carbons (Fsp3) is 0.417. The van der Waals surface area contributed by atoms with Crippen molar-refractivity contribution in [2.45, 2.75) is 12.5 Å². The largest absolute Gasteiger partial charge is 0.382 e. The summed E-state index contributed by atoms with van der Waals surface area (Å²) in [7, 11) is 1.63. The third-order valence-electron chi connectivity index (χ3n) is 2.05. The highest BCUT2D eigenvalue weighted by Gasteiger charge is 2.10. The first kappa shape index (κ1) is 11.7. The highest BCUT2D eigenvalue weighted by atomic mass is 16.5. The number of hydrogen-bond acceptors (Lipinski definition) is 3. The summed E-state index contributed by atoms with van der Waals surface area (Å²) in [5.74, 6) is 0. The monoisotopic (exact) mass is 205 g/mol. The molecule has 0 radical (unpaired) electrons. The lowest BCUT2D eigenvalue weighted by Gasteiger charge is -2.14. The SMILES string of the molecule is COCCOC(CC#N)c1ccccc1. The zero-order chi connectivity index (χ0) is 10.9. The molecule has 1 unspecified atom stereocenters. The van der Waals surface area contributed by atoms with E-state index in [1.807, 2.05) is 30.3 Å². The van der Waals surface area contributed by atoms with Crippen LogP contribution in [0.2, 0.25) is 0 Å². The summed E-state index contributed by atoms with van der Waals surface area (Å²) >= 11 is 0. The van der Waals surface area contributed by atoms with Gasteiger partial charge in [-0.3, -0.25) is 0 Å². The lowest BCUT2D eigenvalue weighted by molar-refractivity contribution is 0.0186. The average Bonchev–Trinajstić information content (AvgIpc) is 2.29. The molecule has 0 heterocycles. The smallest absolute Gasteiger partial charge is 0.0955 e. The number of nitriles is 1. The van der Waals surface area contributed by atoms with Gasteiger partial charge in [0.1, 0.15) is 0 Å². The summed E-state index contributed by atoms with van der Waals surface area (Å²) < 4.78 is 10.5. The van der Waals surface area contributed by atoms with Gasteiger partial charge in [-0.25, -0.2) is 0 Å². The van der Waals surface area contributed by atoms with Crippen molar-refractivity contribution in [1.82, 2.24) is 0 Å². The van der Waals surface area contributed by atoms with Crippen LogP contribution in [0.15, 0.2) is 30.3 Å². The third-order valence-corrected chi connectivity index (χ3v) is 2.05. The fourth-order valence-electron chi connectivity index (χ4n) is 1.30. The maximum atomic E-state index is 8.69. The molecule has 1 rings (SSSR count). The number of hydrogen-bond donors (Lipinski definition) is 0. The molecule has 3 nitrogen and oxygen atoms in total. The van der Waals surface area contributed by atoms with Crippen molar-refractivity contribution in [3.05, 3.63) is 35.9 Å². The molecule has 3 heteroatoms. The molecule has 0 aliphatic carbocycles. The second-order valence-electron chi connectivity index (χ2n) is 3.13. The Morgan fingerprint density at radius 3 is 2.60 bits per heavy atom. The number of ether oxygens (including phenoxy) is 2. The predicted octanol–water partition coefficient (Wildman–Crippen LogP) is 2.30. The van der Waals surface area contributed by atoms with E-state index in [0.717, 1.165) is 5.56 Å². The van der Waals surface area contributed by atoms with Crippen molar-refractivity contribution in [1.29, 1.82) is 5.26 Å². The van der Waals surface area contributed by atoms with Crippen molar-refractivity contribution < 1.29 is 9.47 Å². The van der Waals surface area contributed by atoms with Gasteiger partial charge >= 0.3 is 0 Å². The topological polar surface area (TPSA) is 42.2 Å². The molecular formula is C12H15NO2. The molecule has 15 heavy (non-hydrogen) atoms. The zero-order valence-electron chi connectivity index (χ0n) is 8.85. The van der Waals surface area contributed by atoms with Crippen LogP contribution in [0.4, 0.5) is 0 Å². The van der Waals surface area contributed by atoms with E-state index in [-0.39, 0.29) is 6.10 Å². The molecule has 0 aromatic heterocycles. The Labute approximate surface area is 90.2 Å². The normalized spacial score (nSPS) is 12.0. The van der Waals surface area contributed by atoms with Gasteiger partial charge in [-0.1, -0.05) is 30.3 Å². The molecule has 0 saturated heterocycles. The highest BCUT2D eigenvalue weighted by Crippen LogP contribution is 2.19. The van der Waals surface area contributed by atoms with Gasteiger partial charge in [-0.15, -0.1) is 0 Å². The summed E-state index contributed by atoms with van der Waals surface area (Å²) in [6.45, 7) is 1.06. The van der Waals surface area contributed by atoms with Crippen molar-refractivity contribution in [2.24, 2.45) is 0 Å². The summed E-state index contributed by atoms with van der Waals surface area (Å²) in [5, 5.41) is 8.69. The Hall–Kier alpha value is -1.37. The second kappa shape index (κ2) is 6.99. The van der Waals surface area contributed by atoms with E-state index in [0.29, 0.717) is 19.6 Å². The maximum Gasteiger partial charge on any atom is 0.0955 e. The van der Waals surface area contributed by atoms with Crippen LogP contribution in [0.3, 0.4) is 0 Å². The van der Waals surface area contributed by atoms with Gasteiger partial charge in [0.15, 0.2) is 0 Å². The quantitative estimate of drug-likeness (QED) is 0.669. The van der Waals surface area contributed by atoms with Gasteiger partial charge in [-0.2, -0.15) is 5.26 Å². The molecular weight excluding hydrogens is 190 g/mol. The van der Waals surface area contributed by atoms with Crippen LogP contribution in [0.1, 0.15) is 18.1 Å². The summed E-state index contributed by atoms with van der Waals surface area (Å²) in [6, 6.07) is 11.9. The molecule has 0 saturated carbocycles. The van der Waals surface area contributed by atoms with Gasteiger partial charge in [-0.05, 0) is 5.56 Å². The van der Waals surface area contributed by atoms with E-state index in [2.05, 4.69) is 6.07 Å². The lowest BCUT2D eigenvalue weighted by Crippen LogP contribution is -2.08. The van der Waals surface area contributed by atoms with Crippen LogP contribution in [-0.4, -0.2) is 20.3 Å². The molecule has 0 N–H and O–H groups in total. The van der Waals surface area contributed by atoms with E-state index in [1.54, 1.807) is 7.11 Å². The van der Waals surface area contributed by atoms with Crippen molar-refractivity contribution in [3.8, 4) is 6.07 Å². The van der Waals surface area contributed by atoms with Crippen LogP contribution in [0.5, 0.6) is 0 Å². The lowest BCUT2D eigenvalue weighted by atomic mass is 10.1. The fourth-order valence-corrected chi connectivity index (χ4v) is 1.30. The van der Waals surface area contributed by atoms with E-state index in [9.17, 15) is 0 Å². The number of rotatable bonds is 6. The molecule has 0 aliphatic rings. The van der Waals surface area contributed by atoms with Crippen LogP contribution < -0.4 is 0 Å². The zero-order valence-corrected chi connectivity index (χ0v) is 8.85. The standard InChI is InChI=1S/C12H15NO2/c1-14-9-10-15-12(7-8-13)11-5-3-2-4-6-11/h2-6,12H,7,9-10H2,1H3. The molecule has 0 aliphatic heterocycles. The summed E-state index contributed by atoms with van der Waals surface area (Å²) in [5.41, 5.74) is 1.04. The van der Waals surface area contributed by atoms with Gasteiger partial charge in [0.25, 0.3) is 0 Å². The highest BCUT2D eigenvalue weighted by molar-refractivity contribution is 5.18. The van der Waals surface area contributed by atoms with Crippen LogP contribution in [0.25, 0.3) is 0 Å². The molecule has 1 atom stereocenters. The minimum Gasteiger partial charge on any atom is -0.382 e. The summed E-state index contributed by atoms with van der Waals surface area (Å²) in [6.07, 6.45) is 0.222. The average molecular weight is 205 g/mol. The Kier molecular flexibility index (Phi) is 5.46. The van der Waals surface area contributed by atoms with Crippen molar-refractivity contribution in [2.75, 3.05) is 20.3 Å². The second-order valence-corrected chi connectivity index (χ2v) is 3.13.